The molecule has 0 unspecified atom stereocenters. The summed E-state index contributed by atoms with van der Waals surface area (Å²) in [4.78, 5) is 4.32. The minimum atomic E-state index is -0.226. The smallest absolute Gasteiger partial charge is 0.138 e. The Labute approximate surface area is 129 Å². The van der Waals surface area contributed by atoms with Crippen molar-refractivity contribution in [1.29, 1.82) is 0 Å². The highest BCUT2D eigenvalue weighted by Crippen LogP contribution is 2.28. The van der Waals surface area contributed by atoms with E-state index in [-0.39, 0.29) is 12.6 Å². The third kappa shape index (κ3) is 3.24. The van der Waals surface area contributed by atoms with Crippen molar-refractivity contribution in [1.82, 2.24) is 4.98 Å². The Kier molecular flexibility index (Phi) is 4.32. The highest BCUT2D eigenvalue weighted by molar-refractivity contribution is 5.84. The van der Waals surface area contributed by atoms with Gasteiger partial charge in [-0.15, -0.1) is 0 Å². The Morgan fingerprint density at radius 3 is 2.59 bits per heavy atom. The number of aromatic nitrogens is 1. The maximum absolute atomic E-state index is 8.99. The summed E-state index contributed by atoms with van der Waals surface area (Å²) in [6.45, 7) is -0.0126. The van der Waals surface area contributed by atoms with Crippen molar-refractivity contribution in [2.75, 3.05) is 6.61 Å². The number of rotatable bonds is 5. The topological polar surface area (TPSA) is 68.4 Å². The molecule has 3 rings (SSSR count). The van der Waals surface area contributed by atoms with Crippen LogP contribution >= 0.6 is 0 Å². The molecule has 0 saturated heterocycles. The molecule has 22 heavy (non-hydrogen) atoms. The number of aliphatic hydroxyl groups is 1. The zero-order chi connectivity index (χ0) is 15.4. The van der Waals surface area contributed by atoms with Crippen molar-refractivity contribution in [3.8, 4) is 11.5 Å². The normalized spacial score (nSPS) is 12.3. The molecular weight excluding hydrogens is 276 g/mol. The van der Waals surface area contributed by atoms with E-state index in [0.29, 0.717) is 6.42 Å². The molecule has 0 spiro atoms. The number of fused-ring (bicyclic) bond motifs is 1. The van der Waals surface area contributed by atoms with Crippen LogP contribution in [0.4, 0.5) is 0 Å². The molecule has 4 heteroatoms. The average Bonchev–Trinajstić information content (AvgIpc) is 2.57. The molecular formula is C18H18N2O2. The maximum Gasteiger partial charge on any atom is 0.138 e. The van der Waals surface area contributed by atoms with Gasteiger partial charge in [0.1, 0.15) is 11.5 Å². The van der Waals surface area contributed by atoms with Gasteiger partial charge in [0.15, 0.2) is 0 Å². The second-order valence-electron chi connectivity index (χ2n) is 5.22. The van der Waals surface area contributed by atoms with Gasteiger partial charge in [0, 0.05) is 17.6 Å². The first-order valence-electron chi connectivity index (χ1n) is 7.23. The molecule has 0 aliphatic heterocycles. The molecule has 0 aliphatic rings. The molecule has 112 valence electrons. The van der Waals surface area contributed by atoms with Gasteiger partial charge in [0.05, 0.1) is 12.1 Å². The summed E-state index contributed by atoms with van der Waals surface area (Å²) in [5.74, 6) is 1.54. The number of nitrogens with zero attached hydrogens (tertiary/aromatic N) is 1. The monoisotopic (exact) mass is 294 g/mol. The number of aliphatic hydroxyl groups excluding tert-OH is 1. The number of benzene rings is 2. The molecule has 0 radical (unpaired) electrons. The second-order valence-corrected chi connectivity index (χ2v) is 5.22. The van der Waals surface area contributed by atoms with Crippen molar-refractivity contribution < 1.29 is 9.84 Å². The lowest BCUT2D eigenvalue weighted by molar-refractivity contribution is 0.265. The summed E-state index contributed by atoms with van der Waals surface area (Å²) < 4.78 is 5.96. The van der Waals surface area contributed by atoms with Gasteiger partial charge >= 0.3 is 0 Å². The minimum Gasteiger partial charge on any atom is -0.457 e. The molecule has 4 nitrogen and oxygen atoms in total. The second kappa shape index (κ2) is 6.56. The van der Waals surface area contributed by atoms with Crippen LogP contribution in [0.25, 0.3) is 10.9 Å². The van der Waals surface area contributed by atoms with E-state index in [1.54, 1.807) is 6.20 Å². The van der Waals surface area contributed by atoms with E-state index < -0.39 is 0 Å². The number of pyridine rings is 1. The third-order valence-electron chi connectivity index (χ3n) is 3.49. The van der Waals surface area contributed by atoms with Gasteiger partial charge in [0.25, 0.3) is 0 Å². The maximum atomic E-state index is 8.99. The molecule has 2 aromatic carbocycles. The third-order valence-corrected chi connectivity index (χ3v) is 3.49. The van der Waals surface area contributed by atoms with Crippen LogP contribution in [0.3, 0.4) is 0 Å². The number of nitrogens with two attached hydrogens (primary N) is 1. The van der Waals surface area contributed by atoms with Gasteiger partial charge < -0.3 is 15.6 Å². The Balaban J connectivity index is 1.80. The van der Waals surface area contributed by atoms with Crippen LogP contribution in [0.5, 0.6) is 11.5 Å². The number of para-hydroxylation sites is 1. The molecule has 0 bridgehead atoms. The van der Waals surface area contributed by atoms with E-state index in [1.165, 1.54) is 0 Å². The molecule has 0 amide bonds. The number of hydrogen-bond donors (Lipinski definition) is 2. The largest absolute Gasteiger partial charge is 0.457 e. The van der Waals surface area contributed by atoms with E-state index in [1.807, 2.05) is 54.6 Å². The van der Waals surface area contributed by atoms with Crippen LogP contribution < -0.4 is 10.5 Å². The van der Waals surface area contributed by atoms with Gasteiger partial charge in [-0.3, -0.25) is 4.98 Å². The van der Waals surface area contributed by atoms with Crippen LogP contribution in [-0.4, -0.2) is 22.7 Å². The molecule has 1 aromatic heterocycles. The lowest BCUT2D eigenvalue weighted by atomic mass is 10.1. The van der Waals surface area contributed by atoms with Gasteiger partial charge in [-0.05, 0) is 42.3 Å². The summed E-state index contributed by atoms with van der Waals surface area (Å²) in [6, 6.07) is 17.3. The lowest BCUT2D eigenvalue weighted by Crippen LogP contribution is -2.26. The van der Waals surface area contributed by atoms with Crippen LogP contribution in [0.1, 0.15) is 5.56 Å². The summed E-state index contributed by atoms with van der Waals surface area (Å²) in [7, 11) is 0. The van der Waals surface area contributed by atoms with Crippen molar-refractivity contribution in [2.24, 2.45) is 5.73 Å². The van der Waals surface area contributed by atoms with Gasteiger partial charge in [-0.25, -0.2) is 0 Å². The summed E-state index contributed by atoms with van der Waals surface area (Å²) in [6.07, 6.45) is 2.39. The summed E-state index contributed by atoms with van der Waals surface area (Å²) >= 11 is 0. The van der Waals surface area contributed by atoms with E-state index in [4.69, 9.17) is 15.6 Å². The highest BCUT2D eigenvalue weighted by atomic mass is 16.5. The molecule has 0 aliphatic carbocycles. The van der Waals surface area contributed by atoms with Gasteiger partial charge in [0.2, 0.25) is 0 Å². The fourth-order valence-corrected chi connectivity index (χ4v) is 2.35. The predicted octanol–water partition coefficient (Wildman–Crippen LogP) is 2.89. The van der Waals surface area contributed by atoms with E-state index in [0.717, 1.165) is 28.0 Å². The van der Waals surface area contributed by atoms with E-state index in [2.05, 4.69) is 4.98 Å². The lowest BCUT2D eigenvalue weighted by Gasteiger charge is -2.10. The first-order chi connectivity index (χ1) is 10.8. The van der Waals surface area contributed by atoms with Crippen molar-refractivity contribution in [2.45, 2.75) is 12.5 Å². The van der Waals surface area contributed by atoms with Crippen molar-refractivity contribution >= 4 is 10.9 Å². The summed E-state index contributed by atoms with van der Waals surface area (Å²) in [5.41, 5.74) is 7.73. The van der Waals surface area contributed by atoms with Crippen molar-refractivity contribution in [3.63, 3.8) is 0 Å². The molecule has 1 heterocycles. The van der Waals surface area contributed by atoms with Gasteiger partial charge in [-0.2, -0.15) is 0 Å². The minimum absolute atomic E-state index is 0.0126. The van der Waals surface area contributed by atoms with Crippen LogP contribution in [0, 0.1) is 0 Å². The fraction of sp³-hybridized carbons (Fsp3) is 0.167. The molecule has 3 N–H and O–H groups in total. The van der Waals surface area contributed by atoms with E-state index >= 15 is 0 Å². The van der Waals surface area contributed by atoms with E-state index in [9.17, 15) is 0 Å². The molecule has 1 atom stereocenters. The van der Waals surface area contributed by atoms with Crippen LogP contribution in [0.15, 0.2) is 60.8 Å². The summed E-state index contributed by atoms with van der Waals surface area (Å²) in [5, 5.41) is 9.97. The van der Waals surface area contributed by atoms with Gasteiger partial charge in [-0.1, -0.05) is 24.3 Å². The molecule has 0 fully saturated rings. The zero-order valence-corrected chi connectivity index (χ0v) is 12.1. The number of hydrogen-bond acceptors (Lipinski definition) is 4. The van der Waals surface area contributed by atoms with Crippen LogP contribution in [0.2, 0.25) is 0 Å². The number of ether oxygens (including phenoxy) is 1. The molecule has 0 saturated carbocycles. The van der Waals surface area contributed by atoms with Crippen molar-refractivity contribution in [3.05, 3.63) is 66.4 Å². The highest BCUT2D eigenvalue weighted by Gasteiger charge is 2.05. The zero-order valence-electron chi connectivity index (χ0n) is 12.1. The Hall–Kier alpha value is -2.43. The first-order valence-corrected chi connectivity index (χ1v) is 7.23. The Morgan fingerprint density at radius 2 is 1.82 bits per heavy atom. The Morgan fingerprint density at radius 1 is 1.05 bits per heavy atom. The van der Waals surface area contributed by atoms with Crippen LogP contribution in [-0.2, 0) is 6.42 Å². The first kappa shape index (κ1) is 14.5. The predicted molar refractivity (Wildman–Crippen MR) is 87.0 cm³/mol. The average molecular weight is 294 g/mol. The Bertz CT molecular complexity index is 751. The SMILES string of the molecule is N[C@H](CO)Cc1ccc(Oc2ccnc3ccccc23)cc1. The quantitative estimate of drug-likeness (QED) is 0.759. The fourth-order valence-electron chi connectivity index (χ4n) is 2.35. The molecule has 3 aromatic rings. The standard InChI is InChI=1S/C18H18N2O2/c19-14(12-21)11-13-5-7-15(8-6-13)22-18-9-10-20-17-4-2-1-3-16(17)18/h1-10,14,21H,11-12,19H2/t14-/m0/s1.